The predicted molar refractivity (Wildman–Crippen MR) is 71.5 cm³/mol. The number of aliphatic hydroxyl groups excluding tert-OH is 1. The first-order valence-corrected chi connectivity index (χ1v) is 6.48. The first kappa shape index (κ1) is 14.5. The van der Waals surface area contributed by atoms with Crippen LogP contribution in [0.15, 0.2) is 24.3 Å². The molecule has 0 saturated heterocycles. The maximum Gasteiger partial charge on any atom is 0.0462 e. The van der Waals surface area contributed by atoms with Crippen LogP contribution in [0.1, 0.15) is 24.8 Å². The summed E-state index contributed by atoms with van der Waals surface area (Å²) in [5.41, 5.74) is 1.20. The van der Waals surface area contributed by atoms with Gasteiger partial charge in [0.25, 0.3) is 0 Å². The lowest BCUT2D eigenvalue weighted by molar-refractivity contribution is 0.181. The van der Waals surface area contributed by atoms with Gasteiger partial charge in [0.05, 0.1) is 0 Å². The standard InChI is InChI=1S/C14H21ClO2/c1-17-8-3-2-5-13(11-16)9-12-6-4-7-14(15)10-12/h4,6-7,10,13,16H,2-3,5,8-9,11H2,1H3. The van der Waals surface area contributed by atoms with Crippen molar-refractivity contribution in [3.8, 4) is 0 Å². The summed E-state index contributed by atoms with van der Waals surface area (Å²) in [6.45, 7) is 1.04. The second-order valence-electron chi connectivity index (χ2n) is 4.37. The molecule has 1 unspecified atom stereocenters. The minimum Gasteiger partial charge on any atom is -0.396 e. The molecule has 0 aliphatic heterocycles. The van der Waals surface area contributed by atoms with Crippen molar-refractivity contribution in [2.24, 2.45) is 5.92 Å². The van der Waals surface area contributed by atoms with Crippen LogP contribution < -0.4 is 0 Å². The lowest BCUT2D eigenvalue weighted by Crippen LogP contribution is -2.10. The van der Waals surface area contributed by atoms with Crippen molar-refractivity contribution in [1.29, 1.82) is 0 Å². The summed E-state index contributed by atoms with van der Waals surface area (Å²) in [6, 6.07) is 7.86. The number of unbranched alkanes of at least 4 members (excludes halogenated alkanes) is 1. The van der Waals surface area contributed by atoms with Crippen molar-refractivity contribution in [3.63, 3.8) is 0 Å². The number of hydrogen-bond donors (Lipinski definition) is 1. The first-order chi connectivity index (χ1) is 8.26. The zero-order chi connectivity index (χ0) is 12.5. The maximum atomic E-state index is 9.35. The topological polar surface area (TPSA) is 29.5 Å². The molecular weight excluding hydrogens is 236 g/mol. The van der Waals surface area contributed by atoms with Gasteiger partial charge in [-0.1, -0.05) is 30.2 Å². The molecule has 0 saturated carbocycles. The number of methoxy groups -OCH3 is 1. The first-order valence-electron chi connectivity index (χ1n) is 6.10. The molecule has 0 bridgehead atoms. The number of benzene rings is 1. The molecule has 2 nitrogen and oxygen atoms in total. The molecule has 0 aliphatic rings. The molecule has 0 fully saturated rings. The predicted octanol–water partition coefficient (Wildman–Crippen LogP) is 3.31. The lowest BCUT2D eigenvalue weighted by Gasteiger charge is -2.14. The van der Waals surface area contributed by atoms with Gasteiger partial charge in [-0.2, -0.15) is 0 Å². The minimum atomic E-state index is 0.236. The molecule has 3 heteroatoms. The van der Waals surface area contributed by atoms with Crippen molar-refractivity contribution in [1.82, 2.24) is 0 Å². The molecular formula is C14H21ClO2. The Morgan fingerprint density at radius 2 is 2.18 bits per heavy atom. The summed E-state index contributed by atoms with van der Waals surface area (Å²) in [5.74, 6) is 0.324. The van der Waals surface area contributed by atoms with Gasteiger partial charge in [0.2, 0.25) is 0 Å². The van der Waals surface area contributed by atoms with Crippen molar-refractivity contribution >= 4 is 11.6 Å². The van der Waals surface area contributed by atoms with Gasteiger partial charge in [0.1, 0.15) is 0 Å². The largest absolute Gasteiger partial charge is 0.396 e. The van der Waals surface area contributed by atoms with Crippen LogP contribution in [-0.4, -0.2) is 25.4 Å². The van der Waals surface area contributed by atoms with Gasteiger partial charge in [0, 0.05) is 25.3 Å². The van der Waals surface area contributed by atoms with Crippen LogP contribution in [-0.2, 0) is 11.2 Å². The number of hydrogen-bond acceptors (Lipinski definition) is 2. The molecule has 17 heavy (non-hydrogen) atoms. The Balaban J connectivity index is 2.35. The Labute approximate surface area is 109 Å². The molecule has 0 heterocycles. The Morgan fingerprint density at radius 1 is 1.35 bits per heavy atom. The highest BCUT2D eigenvalue weighted by molar-refractivity contribution is 6.30. The minimum absolute atomic E-state index is 0.236. The average Bonchev–Trinajstić information content (AvgIpc) is 2.33. The number of halogens is 1. The van der Waals surface area contributed by atoms with Crippen LogP contribution in [0.3, 0.4) is 0 Å². The summed E-state index contributed by atoms with van der Waals surface area (Å²) < 4.78 is 5.01. The molecule has 0 amide bonds. The van der Waals surface area contributed by atoms with Crippen molar-refractivity contribution < 1.29 is 9.84 Å². The summed E-state index contributed by atoms with van der Waals surface area (Å²) in [6.07, 6.45) is 4.08. The molecule has 1 rings (SSSR count). The van der Waals surface area contributed by atoms with Crippen LogP contribution in [0, 0.1) is 5.92 Å². The van der Waals surface area contributed by atoms with E-state index in [0.717, 1.165) is 37.3 Å². The smallest absolute Gasteiger partial charge is 0.0462 e. The maximum absolute atomic E-state index is 9.35. The summed E-state index contributed by atoms with van der Waals surface area (Å²) in [5, 5.41) is 10.1. The van der Waals surface area contributed by atoms with Gasteiger partial charge in [-0.15, -0.1) is 0 Å². The highest BCUT2D eigenvalue weighted by atomic mass is 35.5. The summed E-state index contributed by atoms with van der Waals surface area (Å²) in [7, 11) is 1.72. The van der Waals surface area contributed by atoms with Crippen LogP contribution >= 0.6 is 11.6 Å². The van der Waals surface area contributed by atoms with E-state index in [1.807, 2.05) is 18.2 Å². The van der Waals surface area contributed by atoms with Gasteiger partial charge in [-0.3, -0.25) is 0 Å². The molecule has 0 aromatic heterocycles. The monoisotopic (exact) mass is 256 g/mol. The fraction of sp³-hybridized carbons (Fsp3) is 0.571. The fourth-order valence-electron chi connectivity index (χ4n) is 1.93. The molecule has 1 aromatic rings. The van der Waals surface area contributed by atoms with Gasteiger partial charge >= 0.3 is 0 Å². The van der Waals surface area contributed by atoms with E-state index in [-0.39, 0.29) is 6.61 Å². The summed E-state index contributed by atoms with van der Waals surface area (Å²) >= 11 is 5.94. The Hall–Kier alpha value is -0.570. The van der Waals surface area contributed by atoms with Crippen molar-refractivity contribution in [3.05, 3.63) is 34.9 Å². The third kappa shape index (κ3) is 6.06. The quantitative estimate of drug-likeness (QED) is 0.723. The number of ether oxygens (including phenoxy) is 1. The van der Waals surface area contributed by atoms with Crippen LogP contribution in [0.25, 0.3) is 0 Å². The Morgan fingerprint density at radius 3 is 2.82 bits per heavy atom. The zero-order valence-electron chi connectivity index (χ0n) is 10.4. The third-order valence-corrected chi connectivity index (χ3v) is 3.12. The normalized spacial score (nSPS) is 12.6. The lowest BCUT2D eigenvalue weighted by atomic mass is 9.95. The van der Waals surface area contributed by atoms with E-state index in [1.54, 1.807) is 7.11 Å². The average molecular weight is 257 g/mol. The highest BCUT2D eigenvalue weighted by Gasteiger charge is 2.08. The van der Waals surface area contributed by atoms with Crippen molar-refractivity contribution in [2.75, 3.05) is 20.3 Å². The molecule has 96 valence electrons. The van der Waals surface area contributed by atoms with E-state index in [9.17, 15) is 5.11 Å². The van der Waals surface area contributed by atoms with E-state index in [0.29, 0.717) is 5.92 Å². The molecule has 1 atom stereocenters. The van der Waals surface area contributed by atoms with Crippen LogP contribution in [0.2, 0.25) is 5.02 Å². The van der Waals surface area contributed by atoms with Gasteiger partial charge in [-0.05, 0) is 42.9 Å². The van der Waals surface area contributed by atoms with Crippen LogP contribution in [0.4, 0.5) is 0 Å². The van der Waals surface area contributed by atoms with Crippen LogP contribution in [0.5, 0.6) is 0 Å². The molecule has 0 aliphatic carbocycles. The number of aliphatic hydroxyl groups is 1. The number of rotatable bonds is 8. The van der Waals surface area contributed by atoms with E-state index in [1.165, 1.54) is 5.56 Å². The summed E-state index contributed by atoms with van der Waals surface area (Å²) in [4.78, 5) is 0. The van der Waals surface area contributed by atoms with Gasteiger partial charge < -0.3 is 9.84 Å². The molecule has 0 spiro atoms. The molecule has 1 aromatic carbocycles. The van der Waals surface area contributed by atoms with Gasteiger partial charge in [-0.25, -0.2) is 0 Å². The highest BCUT2D eigenvalue weighted by Crippen LogP contribution is 2.18. The van der Waals surface area contributed by atoms with Gasteiger partial charge in [0.15, 0.2) is 0 Å². The van der Waals surface area contributed by atoms with E-state index in [4.69, 9.17) is 16.3 Å². The van der Waals surface area contributed by atoms with E-state index in [2.05, 4.69) is 6.07 Å². The fourth-order valence-corrected chi connectivity index (χ4v) is 2.15. The van der Waals surface area contributed by atoms with E-state index >= 15 is 0 Å². The second-order valence-corrected chi connectivity index (χ2v) is 4.81. The van der Waals surface area contributed by atoms with Crippen molar-refractivity contribution in [2.45, 2.75) is 25.7 Å². The zero-order valence-corrected chi connectivity index (χ0v) is 11.1. The molecule has 0 radical (unpaired) electrons. The molecule has 1 N–H and O–H groups in total. The Kier molecular flexibility index (Phi) is 7.25. The van der Waals surface area contributed by atoms with E-state index < -0.39 is 0 Å². The Bertz CT molecular complexity index is 315. The third-order valence-electron chi connectivity index (χ3n) is 2.88. The second kappa shape index (κ2) is 8.51. The SMILES string of the molecule is COCCCCC(CO)Cc1cccc(Cl)c1.